The van der Waals surface area contributed by atoms with Crippen molar-refractivity contribution in [3.63, 3.8) is 0 Å². The highest BCUT2D eigenvalue weighted by Crippen LogP contribution is 2.17. The molecule has 0 saturated carbocycles. The Morgan fingerprint density at radius 3 is 2.52 bits per heavy atom. The van der Waals surface area contributed by atoms with E-state index in [9.17, 15) is 18.8 Å². The van der Waals surface area contributed by atoms with Crippen molar-refractivity contribution in [2.75, 3.05) is 19.6 Å². The van der Waals surface area contributed by atoms with Gasteiger partial charge in [0.2, 0.25) is 17.7 Å². The Kier molecular flexibility index (Phi) is 7.67. The van der Waals surface area contributed by atoms with Gasteiger partial charge in [0.05, 0.1) is 13.1 Å². The van der Waals surface area contributed by atoms with E-state index < -0.39 is 11.7 Å². The molecule has 0 aliphatic rings. The molecule has 0 fully saturated rings. The maximum Gasteiger partial charge on any atom is 0.242 e. The second-order valence-electron chi connectivity index (χ2n) is 4.83. The molecule has 0 atom stereocenters. The lowest BCUT2D eigenvalue weighted by Crippen LogP contribution is -2.43. The van der Waals surface area contributed by atoms with Gasteiger partial charge in [-0.3, -0.25) is 14.4 Å². The average molecular weight is 388 g/mol. The number of nitrogens with one attached hydrogen (secondary N) is 2. The highest BCUT2D eigenvalue weighted by Gasteiger charge is 2.15. The molecular weight excluding hydrogens is 369 g/mol. The van der Waals surface area contributed by atoms with E-state index in [-0.39, 0.29) is 31.4 Å². The molecule has 1 aromatic rings. The van der Waals surface area contributed by atoms with Crippen LogP contribution in [0.3, 0.4) is 0 Å². The van der Waals surface area contributed by atoms with E-state index in [1.807, 2.05) is 0 Å². The van der Waals surface area contributed by atoms with Crippen LogP contribution in [-0.2, 0) is 20.9 Å². The van der Waals surface area contributed by atoms with E-state index in [1.165, 1.54) is 17.9 Å². The van der Waals surface area contributed by atoms with Crippen LogP contribution in [0, 0.1) is 5.82 Å². The van der Waals surface area contributed by atoms with Gasteiger partial charge >= 0.3 is 0 Å². The number of likely N-dealkylation sites (N-methyl/N-ethyl adjacent to an activating group) is 1. The van der Waals surface area contributed by atoms with Gasteiger partial charge in [0.15, 0.2) is 0 Å². The lowest BCUT2D eigenvalue weighted by atomic mass is 10.2. The zero-order valence-electron chi connectivity index (χ0n) is 13.0. The number of nitrogens with zero attached hydrogens (tertiary/aromatic N) is 1. The van der Waals surface area contributed by atoms with Crippen LogP contribution in [0.1, 0.15) is 19.4 Å². The number of hydrogen-bond donors (Lipinski definition) is 2. The fraction of sp³-hybridized carbons (Fsp3) is 0.400. The summed E-state index contributed by atoms with van der Waals surface area (Å²) in [5.74, 6) is -1.51. The fourth-order valence-corrected chi connectivity index (χ4v) is 2.21. The van der Waals surface area contributed by atoms with Crippen LogP contribution in [0.25, 0.3) is 0 Å². The Morgan fingerprint density at radius 2 is 1.91 bits per heavy atom. The molecule has 126 valence electrons. The lowest BCUT2D eigenvalue weighted by Gasteiger charge is -2.21. The molecule has 1 aromatic carbocycles. The molecule has 0 unspecified atom stereocenters. The molecule has 6 nitrogen and oxygen atoms in total. The second kappa shape index (κ2) is 9.24. The van der Waals surface area contributed by atoms with Gasteiger partial charge in [-0.1, -0.05) is 15.9 Å². The minimum atomic E-state index is -0.460. The molecule has 0 aromatic heterocycles. The van der Waals surface area contributed by atoms with Gasteiger partial charge in [0.1, 0.15) is 5.82 Å². The number of hydrogen-bond acceptors (Lipinski definition) is 3. The monoisotopic (exact) mass is 387 g/mol. The summed E-state index contributed by atoms with van der Waals surface area (Å²) in [6.45, 7) is 3.17. The van der Waals surface area contributed by atoms with Gasteiger partial charge in [-0.2, -0.15) is 0 Å². The SMILES string of the molecule is CCN(Cc1cc(Br)ccc1F)C(=O)CNC(=O)CNC(C)=O. The van der Waals surface area contributed by atoms with Gasteiger partial charge in [0, 0.05) is 30.0 Å². The summed E-state index contributed by atoms with van der Waals surface area (Å²) < 4.78 is 14.5. The Hall–Kier alpha value is -1.96. The maximum atomic E-state index is 13.8. The molecule has 23 heavy (non-hydrogen) atoms. The zero-order valence-corrected chi connectivity index (χ0v) is 14.6. The van der Waals surface area contributed by atoms with Gasteiger partial charge in [0.25, 0.3) is 0 Å². The van der Waals surface area contributed by atoms with E-state index in [1.54, 1.807) is 19.1 Å². The minimum absolute atomic E-state index is 0.113. The van der Waals surface area contributed by atoms with Crippen LogP contribution in [0.4, 0.5) is 4.39 Å². The highest BCUT2D eigenvalue weighted by molar-refractivity contribution is 9.10. The van der Waals surface area contributed by atoms with E-state index >= 15 is 0 Å². The van der Waals surface area contributed by atoms with E-state index in [4.69, 9.17) is 0 Å². The van der Waals surface area contributed by atoms with Crippen molar-refractivity contribution in [2.24, 2.45) is 0 Å². The normalized spacial score (nSPS) is 10.1. The Labute approximate surface area is 142 Å². The third kappa shape index (κ3) is 6.77. The molecule has 0 bridgehead atoms. The van der Waals surface area contributed by atoms with Gasteiger partial charge in [-0.15, -0.1) is 0 Å². The van der Waals surface area contributed by atoms with Crippen molar-refractivity contribution in [1.29, 1.82) is 0 Å². The Bertz CT molecular complexity index is 595. The van der Waals surface area contributed by atoms with Gasteiger partial charge in [-0.05, 0) is 25.1 Å². The van der Waals surface area contributed by atoms with E-state index in [0.29, 0.717) is 12.1 Å². The molecule has 2 N–H and O–H groups in total. The molecule has 0 saturated heterocycles. The molecule has 0 aliphatic carbocycles. The summed E-state index contributed by atoms with van der Waals surface area (Å²) in [4.78, 5) is 35.7. The number of carbonyl (C=O) groups excluding carboxylic acids is 3. The third-order valence-corrected chi connectivity index (χ3v) is 3.53. The lowest BCUT2D eigenvalue weighted by molar-refractivity contribution is -0.133. The smallest absolute Gasteiger partial charge is 0.242 e. The highest BCUT2D eigenvalue weighted by atomic mass is 79.9. The summed E-state index contributed by atoms with van der Waals surface area (Å²) >= 11 is 3.26. The molecule has 0 heterocycles. The number of halogens is 2. The second-order valence-corrected chi connectivity index (χ2v) is 5.75. The van der Waals surface area contributed by atoms with Crippen LogP contribution < -0.4 is 10.6 Å². The summed E-state index contributed by atoms with van der Waals surface area (Å²) in [6.07, 6.45) is 0. The topological polar surface area (TPSA) is 78.5 Å². The number of benzene rings is 1. The molecule has 3 amide bonds. The first kappa shape index (κ1) is 19.1. The largest absolute Gasteiger partial charge is 0.347 e. The van der Waals surface area contributed by atoms with Crippen molar-refractivity contribution in [3.05, 3.63) is 34.1 Å². The first-order chi connectivity index (χ1) is 10.8. The van der Waals surface area contributed by atoms with Crippen LogP contribution in [0.2, 0.25) is 0 Å². The van der Waals surface area contributed by atoms with Crippen molar-refractivity contribution < 1.29 is 18.8 Å². The van der Waals surface area contributed by atoms with Gasteiger partial charge < -0.3 is 15.5 Å². The average Bonchev–Trinajstić information content (AvgIpc) is 2.51. The quantitative estimate of drug-likeness (QED) is 0.737. The standard InChI is InChI=1S/C15H19BrFN3O3/c1-3-20(9-11-6-12(16)4-5-13(11)17)15(23)8-19-14(22)7-18-10(2)21/h4-6H,3,7-9H2,1-2H3,(H,18,21)(H,19,22). The Morgan fingerprint density at radius 1 is 1.22 bits per heavy atom. The Balaban J connectivity index is 2.56. The van der Waals surface area contributed by atoms with Crippen molar-refractivity contribution >= 4 is 33.7 Å². The number of rotatable bonds is 7. The summed E-state index contributed by atoms with van der Waals surface area (Å²) in [7, 11) is 0. The van der Waals surface area contributed by atoms with E-state index in [2.05, 4.69) is 26.6 Å². The van der Waals surface area contributed by atoms with Crippen LogP contribution in [0.5, 0.6) is 0 Å². The molecule has 0 aliphatic heterocycles. The fourth-order valence-electron chi connectivity index (χ4n) is 1.80. The molecule has 0 spiro atoms. The summed E-state index contributed by atoms with van der Waals surface area (Å²) in [5, 5.41) is 4.75. The zero-order chi connectivity index (χ0) is 17.4. The van der Waals surface area contributed by atoms with Crippen LogP contribution in [0.15, 0.2) is 22.7 Å². The van der Waals surface area contributed by atoms with Crippen molar-refractivity contribution in [1.82, 2.24) is 15.5 Å². The first-order valence-electron chi connectivity index (χ1n) is 7.06. The predicted molar refractivity (Wildman–Crippen MR) is 86.9 cm³/mol. The minimum Gasteiger partial charge on any atom is -0.347 e. The van der Waals surface area contributed by atoms with E-state index in [0.717, 1.165) is 4.47 Å². The maximum absolute atomic E-state index is 13.8. The number of amides is 3. The third-order valence-electron chi connectivity index (χ3n) is 3.04. The first-order valence-corrected chi connectivity index (χ1v) is 7.85. The molecule has 0 radical (unpaired) electrons. The molecule has 8 heteroatoms. The predicted octanol–water partition coefficient (Wildman–Crippen LogP) is 1.19. The summed E-state index contributed by atoms with van der Waals surface area (Å²) in [5.41, 5.74) is 0.388. The van der Waals surface area contributed by atoms with Crippen molar-refractivity contribution in [3.8, 4) is 0 Å². The van der Waals surface area contributed by atoms with Crippen LogP contribution in [-0.4, -0.2) is 42.3 Å². The number of carbonyl (C=O) groups is 3. The molecular formula is C15H19BrFN3O3. The summed E-state index contributed by atoms with van der Waals surface area (Å²) in [6, 6.07) is 4.52. The van der Waals surface area contributed by atoms with Gasteiger partial charge in [-0.25, -0.2) is 4.39 Å². The molecule has 1 rings (SSSR count). The van der Waals surface area contributed by atoms with Crippen LogP contribution >= 0.6 is 15.9 Å². The van der Waals surface area contributed by atoms with Crippen molar-refractivity contribution in [2.45, 2.75) is 20.4 Å².